The summed E-state index contributed by atoms with van der Waals surface area (Å²) in [5, 5.41) is 0. The van der Waals surface area contributed by atoms with Gasteiger partial charge in [-0.1, -0.05) is 11.6 Å². The van der Waals surface area contributed by atoms with Gasteiger partial charge in [0.1, 0.15) is 11.9 Å². The lowest BCUT2D eigenvalue weighted by atomic mass is 9.87. The molecule has 3 aliphatic heterocycles. The second kappa shape index (κ2) is 6.79. The second-order valence-corrected chi connectivity index (χ2v) is 7.71. The van der Waals surface area contributed by atoms with Crippen LogP contribution in [0.1, 0.15) is 42.6 Å². The molecule has 0 radical (unpaired) electrons. The molecule has 0 amide bonds. The molecule has 3 heterocycles. The summed E-state index contributed by atoms with van der Waals surface area (Å²) in [6.45, 7) is 4.91. The van der Waals surface area contributed by atoms with Crippen molar-refractivity contribution in [1.29, 1.82) is 0 Å². The van der Waals surface area contributed by atoms with E-state index in [4.69, 9.17) is 28.4 Å². The summed E-state index contributed by atoms with van der Waals surface area (Å²) in [5.41, 5.74) is 4.36. The molecule has 0 saturated heterocycles. The van der Waals surface area contributed by atoms with Gasteiger partial charge in [0, 0.05) is 22.8 Å². The van der Waals surface area contributed by atoms with E-state index in [1.807, 2.05) is 12.1 Å². The first kappa shape index (κ1) is 18.0. The van der Waals surface area contributed by atoms with Crippen molar-refractivity contribution in [2.45, 2.75) is 32.3 Å². The van der Waals surface area contributed by atoms with Crippen molar-refractivity contribution in [3.8, 4) is 34.5 Å². The predicted molar refractivity (Wildman–Crippen MR) is 107 cm³/mol. The predicted octanol–water partition coefficient (Wildman–Crippen LogP) is 4.55. The van der Waals surface area contributed by atoms with Crippen molar-refractivity contribution in [1.82, 2.24) is 0 Å². The van der Waals surface area contributed by atoms with Crippen LogP contribution in [-0.4, -0.2) is 27.6 Å². The minimum absolute atomic E-state index is 0.0846. The summed E-state index contributed by atoms with van der Waals surface area (Å²) in [7, 11) is 3.30. The van der Waals surface area contributed by atoms with Gasteiger partial charge in [0.2, 0.25) is 12.5 Å². The first-order chi connectivity index (χ1) is 14.1. The summed E-state index contributed by atoms with van der Waals surface area (Å²) < 4.78 is 35.0. The van der Waals surface area contributed by atoms with Gasteiger partial charge in [0.25, 0.3) is 0 Å². The van der Waals surface area contributed by atoms with Crippen molar-refractivity contribution in [3.63, 3.8) is 0 Å². The van der Waals surface area contributed by atoms with Gasteiger partial charge in [-0.15, -0.1) is 0 Å². The maximum atomic E-state index is 6.39. The zero-order chi connectivity index (χ0) is 20.1. The van der Waals surface area contributed by atoms with Crippen molar-refractivity contribution in [2.24, 2.45) is 0 Å². The van der Waals surface area contributed by atoms with Crippen molar-refractivity contribution in [3.05, 3.63) is 46.5 Å². The summed E-state index contributed by atoms with van der Waals surface area (Å²) in [4.78, 5) is 0. The lowest BCUT2D eigenvalue weighted by Crippen LogP contribution is -2.24. The molecule has 0 fully saturated rings. The number of fused-ring (bicyclic) bond motifs is 6. The molecule has 6 nitrogen and oxygen atoms in total. The van der Waals surface area contributed by atoms with Gasteiger partial charge in [-0.05, 0) is 32.4 Å². The Morgan fingerprint density at radius 2 is 1.72 bits per heavy atom. The molecule has 0 bridgehead atoms. The Morgan fingerprint density at radius 3 is 2.45 bits per heavy atom. The average molecular weight is 396 g/mol. The van der Waals surface area contributed by atoms with Crippen LogP contribution in [0.15, 0.2) is 29.8 Å². The summed E-state index contributed by atoms with van der Waals surface area (Å²) >= 11 is 0. The van der Waals surface area contributed by atoms with Crippen LogP contribution in [0.3, 0.4) is 0 Å². The highest BCUT2D eigenvalue weighted by Gasteiger charge is 2.44. The molecule has 0 aliphatic carbocycles. The minimum atomic E-state index is -0.151. The van der Waals surface area contributed by atoms with Crippen LogP contribution in [0.5, 0.6) is 34.5 Å². The van der Waals surface area contributed by atoms with E-state index < -0.39 is 0 Å². The highest BCUT2D eigenvalue weighted by Crippen LogP contribution is 2.57. The lowest BCUT2D eigenvalue weighted by Gasteiger charge is -2.30. The molecule has 2 aromatic rings. The smallest absolute Gasteiger partial charge is 0.231 e. The third-order valence-corrected chi connectivity index (χ3v) is 5.67. The fraction of sp³-hybridized carbons (Fsp3) is 0.391. The average Bonchev–Trinajstić information content (AvgIpc) is 3.32. The van der Waals surface area contributed by atoms with Crippen molar-refractivity contribution >= 4 is 0 Å². The van der Waals surface area contributed by atoms with E-state index >= 15 is 0 Å². The van der Waals surface area contributed by atoms with E-state index in [9.17, 15) is 0 Å². The van der Waals surface area contributed by atoms with E-state index in [2.05, 4.69) is 26.0 Å². The number of methoxy groups -OCH3 is 2. The minimum Gasteiger partial charge on any atom is -0.492 e. The van der Waals surface area contributed by atoms with E-state index in [0.717, 1.165) is 40.4 Å². The molecule has 0 spiro atoms. The Balaban J connectivity index is 1.60. The Kier molecular flexibility index (Phi) is 4.23. The first-order valence-corrected chi connectivity index (χ1v) is 9.74. The second-order valence-electron chi connectivity index (χ2n) is 7.71. The third kappa shape index (κ3) is 2.77. The molecule has 5 rings (SSSR count). The van der Waals surface area contributed by atoms with Gasteiger partial charge in [-0.2, -0.15) is 0 Å². The van der Waals surface area contributed by atoms with Gasteiger partial charge >= 0.3 is 0 Å². The van der Waals surface area contributed by atoms with Crippen LogP contribution < -0.4 is 28.4 Å². The fourth-order valence-corrected chi connectivity index (χ4v) is 4.28. The number of benzene rings is 2. The van der Waals surface area contributed by atoms with Crippen LogP contribution in [0.25, 0.3) is 0 Å². The maximum absolute atomic E-state index is 6.39. The molecule has 2 atom stereocenters. The van der Waals surface area contributed by atoms with Crippen LogP contribution in [0, 0.1) is 0 Å². The highest BCUT2D eigenvalue weighted by atomic mass is 16.7. The monoisotopic (exact) mass is 396 g/mol. The van der Waals surface area contributed by atoms with Gasteiger partial charge < -0.3 is 28.4 Å². The van der Waals surface area contributed by atoms with E-state index in [1.165, 1.54) is 5.57 Å². The SMILES string of the molecule is COc1c(CC=C(C)C)cc2c(c1OC)OCC1c3cc4c(cc3OC21)OCO4. The van der Waals surface area contributed by atoms with Gasteiger partial charge in [-0.3, -0.25) is 0 Å². The molecule has 2 unspecified atom stereocenters. The van der Waals surface area contributed by atoms with Crippen LogP contribution in [0.4, 0.5) is 0 Å². The van der Waals surface area contributed by atoms with E-state index in [0.29, 0.717) is 23.9 Å². The highest BCUT2D eigenvalue weighted by molar-refractivity contribution is 5.64. The van der Waals surface area contributed by atoms with Crippen molar-refractivity contribution in [2.75, 3.05) is 27.6 Å². The Hall–Kier alpha value is -3.02. The van der Waals surface area contributed by atoms with Crippen LogP contribution in [-0.2, 0) is 6.42 Å². The lowest BCUT2D eigenvalue weighted by molar-refractivity contribution is 0.134. The van der Waals surface area contributed by atoms with Gasteiger partial charge in [-0.25, -0.2) is 0 Å². The molecule has 29 heavy (non-hydrogen) atoms. The van der Waals surface area contributed by atoms with Crippen molar-refractivity contribution < 1.29 is 28.4 Å². The molecule has 0 aromatic heterocycles. The van der Waals surface area contributed by atoms with E-state index in [-0.39, 0.29) is 18.8 Å². The van der Waals surface area contributed by atoms with Gasteiger partial charge in [0.15, 0.2) is 23.0 Å². The number of rotatable bonds is 4. The molecule has 0 saturated carbocycles. The first-order valence-electron chi connectivity index (χ1n) is 9.74. The maximum Gasteiger partial charge on any atom is 0.231 e. The molecular formula is C23H24O6. The topological polar surface area (TPSA) is 55.4 Å². The Bertz CT molecular complexity index is 1010. The Labute approximate surface area is 169 Å². The molecule has 0 N–H and O–H groups in total. The zero-order valence-electron chi connectivity index (χ0n) is 17.0. The normalized spacial score (nSPS) is 20.0. The third-order valence-electron chi connectivity index (χ3n) is 5.67. The molecule has 152 valence electrons. The molecular weight excluding hydrogens is 372 g/mol. The summed E-state index contributed by atoms with van der Waals surface area (Å²) in [6, 6.07) is 6.06. The standard InChI is InChI=1S/C23H24O6/c1-12(2)5-6-13-7-15-21-16(10-26-22(15)23(25-4)20(13)24-3)14-8-18-19(28-11-27-18)9-17(14)29-21/h5,7-9,16,21H,6,10-11H2,1-4H3. The van der Waals surface area contributed by atoms with E-state index in [1.54, 1.807) is 14.2 Å². The molecule has 2 aromatic carbocycles. The van der Waals surface area contributed by atoms with Crippen LogP contribution >= 0.6 is 0 Å². The zero-order valence-corrected chi connectivity index (χ0v) is 17.0. The Morgan fingerprint density at radius 1 is 0.966 bits per heavy atom. The quantitative estimate of drug-likeness (QED) is 0.707. The number of allylic oxidation sites excluding steroid dienone is 2. The number of hydrogen-bond acceptors (Lipinski definition) is 6. The fourth-order valence-electron chi connectivity index (χ4n) is 4.28. The summed E-state index contributed by atoms with van der Waals surface area (Å²) in [6.07, 6.45) is 2.77. The van der Waals surface area contributed by atoms with Gasteiger partial charge in [0.05, 0.1) is 26.7 Å². The number of hydrogen-bond donors (Lipinski definition) is 0. The molecule has 6 heteroatoms. The molecule has 3 aliphatic rings. The number of ether oxygens (including phenoxy) is 6. The van der Waals surface area contributed by atoms with Crippen LogP contribution in [0.2, 0.25) is 0 Å². The summed E-state index contributed by atoms with van der Waals surface area (Å²) in [5.74, 6) is 4.41. The largest absolute Gasteiger partial charge is 0.492 e.